The van der Waals surface area contributed by atoms with Gasteiger partial charge in [0.05, 0.1) is 17.9 Å². The molecule has 0 saturated heterocycles. The topological polar surface area (TPSA) is 123 Å². The first-order chi connectivity index (χ1) is 14.1. The normalized spacial score (nSPS) is 10.5. The molecule has 150 valence electrons. The van der Waals surface area contributed by atoms with E-state index in [0.717, 1.165) is 16.5 Å². The Morgan fingerprint density at radius 1 is 0.897 bits per heavy atom. The van der Waals surface area contributed by atoms with Crippen LogP contribution in [0.3, 0.4) is 0 Å². The highest BCUT2D eigenvalue weighted by molar-refractivity contribution is 6.40. The van der Waals surface area contributed by atoms with E-state index >= 15 is 0 Å². The lowest BCUT2D eigenvalue weighted by atomic mass is 10.1. The van der Waals surface area contributed by atoms with Crippen molar-refractivity contribution in [3.05, 3.63) is 65.9 Å². The molecule has 1 aromatic heterocycles. The number of amides is 3. The number of hydrogen-bond acceptors (Lipinski definition) is 4. The summed E-state index contributed by atoms with van der Waals surface area (Å²) in [7, 11) is 0. The number of aromatic amines is 1. The molecule has 0 spiro atoms. The number of fused-ring (bicyclic) bond motifs is 1. The smallest absolute Gasteiger partial charge is 0.313 e. The molecule has 2 aromatic carbocycles. The van der Waals surface area contributed by atoms with E-state index in [9.17, 15) is 14.4 Å². The van der Waals surface area contributed by atoms with E-state index in [4.69, 9.17) is 5.11 Å². The highest BCUT2D eigenvalue weighted by Crippen LogP contribution is 2.18. The van der Waals surface area contributed by atoms with Gasteiger partial charge in [-0.05, 0) is 30.2 Å². The van der Waals surface area contributed by atoms with Gasteiger partial charge in [0, 0.05) is 30.2 Å². The molecule has 8 nitrogen and oxygen atoms in total. The van der Waals surface area contributed by atoms with Crippen molar-refractivity contribution in [1.82, 2.24) is 15.6 Å². The molecule has 0 radical (unpaired) electrons. The molecule has 0 atom stereocenters. The number of rotatable bonds is 7. The van der Waals surface area contributed by atoms with Crippen molar-refractivity contribution in [2.24, 2.45) is 0 Å². The van der Waals surface area contributed by atoms with Crippen LogP contribution in [0.25, 0.3) is 10.9 Å². The third-order valence-electron chi connectivity index (χ3n) is 4.38. The van der Waals surface area contributed by atoms with Crippen LogP contribution in [-0.2, 0) is 16.0 Å². The average molecular weight is 394 g/mol. The third-order valence-corrected chi connectivity index (χ3v) is 4.38. The maximum Gasteiger partial charge on any atom is 0.313 e. The molecule has 3 aromatic rings. The minimum Gasteiger partial charge on any atom is -0.395 e. The van der Waals surface area contributed by atoms with Gasteiger partial charge in [0.15, 0.2) is 0 Å². The lowest BCUT2D eigenvalue weighted by molar-refractivity contribution is -0.136. The zero-order chi connectivity index (χ0) is 20.6. The van der Waals surface area contributed by atoms with Crippen LogP contribution >= 0.6 is 0 Å². The number of hydrogen-bond donors (Lipinski definition) is 5. The largest absolute Gasteiger partial charge is 0.395 e. The Morgan fingerprint density at radius 3 is 2.48 bits per heavy atom. The second kappa shape index (κ2) is 9.52. The molecular formula is C21H22N4O4. The van der Waals surface area contributed by atoms with Crippen molar-refractivity contribution in [2.45, 2.75) is 6.42 Å². The first-order valence-corrected chi connectivity index (χ1v) is 9.22. The van der Waals surface area contributed by atoms with Crippen molar-refractivity contribution in [1.29, 1.82) is 0 Å². The molecule has 8 heteroatoms. The molecule has 1 heterocycles. The predicted octanol–water partition coefficient (Wildman–Crippen LogP) is 1.19. The number of nitrogens with one attached hydrogen (secondary N) is 4. The molecule has 3 rings (SSSR count). The summed E-state index contributed by atoms with van der Waals surface area (Å²) in [6.07, 6.45) is 2.57. The number of anilines is 1. The number of para-hydroxylation sites is 2. The summed E-state index contributed by atoms with van der Waals surface area (Å²) >= 11 is 0. The fraction of sp³-hybridized carbons (Fsp3) is 0.190. The number of aromatic nitrogens is 1. The van der Waals surface area contributed by atoms with Gasteiger partial charge in [0.2, 0.25) is 0 Å². The van der Waals surface area contributed by atoms with Gasteiger partial charge in [-0.2, -0.15) is 0 Å². The van der Waals surface area contributed by atoms with Crippen LogP contribution in [0.4, 0.5) is 5.69 Å². The molecular weight excluding hydrogens is 372 g/mol. The third kappa shape index (κ3) is 4.99. The highest BCUT2D eigenvalue weighted by atomic mass is 16.3. The summed E-state index contributed by atoms with van der Waals surface area (Å²) in [5, 5.41) is 17.4. The van der Waals surface area contributed by atoms with E-state index < -0.39 is 11.8 Å². The van der Waals surface area contributed by atoms with Crippen molar-refractivity contribution in [3.8, 4) is 0 Å². The second-order valence-electron chi connectivity index (χ2n) is 6.34. The minimum absolute atomic E-state index is 0.0256. The van der Waals surface area contributed by atoms with Crippen molar-refractivity contribution in [3.63, 3.8) is 0 Å². The van der Waals surface area contributed by atoms with Crippen LogP contribution in [0.15, 0.2) is 54.7 Å². The first kappa shape index (κ1) is 20.1. The Bertz CT molecular complexity index is 1030. The summed E-state index contributed by atoms with van der Waals surface area (Å²) in [5.41, 5.74) is 2.64. The van der Waals surface area contributed by atoms with Crippen LogP contribution in [0, 0.1) is 0 Å². The maximum absolute atomic E-state index is 12.6. The van der Waals surface area contributed by atoms with Crippen LogP contribution in [0.5, 0.6) is 0 Å². The van der Waals surface area contributed by atoms with Crippen LogP contribution in [0.2, 0.25) is 0 Å². The molecule has 0 fully saturated rings. The number of aliphatic hydroxyl groups is 1. The summed E-state index contributed by atoms with van der Waals surface area (Å²) in [6, 6.07) is 14.4. The fourth-order valence-electron chi connectivity index (χ4n) is 2.96. The van der Waals surface area contributed by atoms with Crippen molar-refractivity contribution >= 4 is 34.3 Å². The Kier molecular flexibility index (Phi) is 6.59. The van der Waals surface area contributed by atoms with E-state index in [1.807, 2.05) is 30.5 Å². The molecule has 5 N–H and O–H groups in total. The SMILES string of the molecule is O=C(NCCO)C(=O)Nc1ccccc1C(=O)NCCc1c[nH]c2ccccc12. The number of H-pyrrole nitrogens is 1. The number of aliphatic hydroxyl groups excluding tert-OH is 1. The monoisotopic (exact) mass is 394 g/mol. The number of carbonyl (C=O) groups is 3. The zero-order valence-corrected chi connectivity index (χ0v) is 15.7. The van der Waals surface area contributed by atoms with E-state index in [2.05, 4.69) is 20.9 Å². The van der Waals surface area contributed by atoms with Crippen LogP contribution in [-0.4, -0.2) is 47.5 Å². The maximum atomic E-state index is 12.6. The van der Waals surface area contributed by atoms with Crippen LogP contribution < -0.4 is 16.0 Å². The number of benzene rings is 2. The van der Waals surface area contributed by atoms with Crippen molar-refractivity contribution in [2.75, 3.05) is 25.0 Å². The predicted molar refractivity (Wildman–Crippen MR) is 110 cm³/mol. The van der Waals surface area contributed by atoms with Crippen LogP contribution in [0.1, 0.15) is 15.9 Å². The van der Waals surface area contributed by atoms with Gasteiger partial charge in [0.25, 0.3) is 5.91 Å². The fourth-order valence-corrected chi connectivity index (χ4v) is 2.96. The Labute approximate surface area is 167 Å². The molecule has 0 saturated carbocycles. The molecule has 3 amide bonds. The Balaban J connectivity index is 1.61. The van der Waals surface area contributed by atoms with Gasteiger partial charge in [-0.15, -0.1) is 0 Å². The Morgan fingerprint density at radius 2 is 1.66 bits per heavy atom. The van der Waals surface area contributed by atoms with Gasteiger partial charge in [-0.3, -0.25) is 14.4 Å². The van der Waals surface area contributed by atoms with Gasteiger partial charge in [-0.25, -0.2) is 0 Å². The average Bonchev–Trinajstić information content (AvgIpc) is 3.15. The molecule has 29 heavy (non-hydrogen) atoms. The first-order valence-electron chi connectivity index (χ1n) is 9.22. The van der Waals surface area contributed by atoms with E-state index in [0.29, 0.717) is 13.0 Å². The Hall–Kier alpha value is -3.65. The van der Waals surface area contributed by atoms with Crippen molar-refractivity contribution < 1.29 is 19.5 Å². The summed E-state index contributed by atoms with van der Waals surface area (Å²) in [6.45, 7) is 0.122. The highest BCUT2D eigenvalue weighted by Gasteiger charge is 2.17. The van der Waals surface area contributed by atoms with E-state index in [-0.39, 0.29) is 30.3 Å². The van der Waals surface area contributed by atoms with Gasteiger partial charge in [0.1, 0.15) is 0 Å². The van der Waals surface area contributed by atoms with Gasteiger partial charge >= 0.3 is 11.8 Å². The minimum atomic E-state index is -0.905. The molecule has 0 aliphatic heterocycles. The van der Waals surface area contributed by atoms with Gasteiger partial charge in [-0.1, -0.05) is 30.3 Å². The standard InChI is InChI=1S/C21H22N4O4/c26-12-11-23-20(28)21(29)25-18-8-4-2-6-16(18)19(27)22-10-9-14-13-24-17-7-3-1-5-15(14)17/h1-8,13,24,26H,9-12H2,(H,22,27)(H,23,28)(H,25,29). The van der Waals surface area contributed by atoms with E-state index in [1.165, 1.54) is 0 Å². The summed E-state index contributed by atoms with van der Waals surface area (Å²) in [5.74, 6) is -2.14. The molecule has 0 aliphatic carbocycles. The molecule has 0 bridgehead atoms. The molecule has 0 unspecified atom stereocenters. The second-order valence-corrected chi connectivity index (χ2v) is 6.34. The quantitative estimate of drug-likeness (QED) is 0.386. The zero-order valence-electron chi connectivity index (χ0n) is 15.7. The lowest BCUT2D eigenvalue weighted by Crippen LogP contribution is -2.37. The summed E-state index contributed by atoms with van der Waals surface area (Å²) < 4.78 is 0. The van der Waals surface area contributed by atoms with E-state index in [1.54, 1.807) is 24.3 Å². The summed E-state index contributed by atoms with van der Waals surface area (Å²) in [4.78, 5) is 39.4. The molecule has 0 aliphatic rings. The van der Waals surface area contributed by atoms with Gasteiger partial charge < -0.3 is 26.0 Å². The lowest BCUT2D eigenvalue weighted by Gasteiger charge is -2.11. The number of carbonyl (C=O) groups excluding carboxylic acids is 3.